The molecular weight excluding hydrogens is 217 g/mol. The molecule has 0 aliphatic rings. The van der Waals surface area contributed by atoms with Crippen molar-refractivity contribution in [3.8, 4) is 5.75 Å². The Hall–Kier alpha value is -1.11. The lowest BCUT2D eigenvalue weighted by Gasteiger charge is -2.06. The highest BCUT2D eigenvalue weighted by atomic mass is 32.1. The second-order valence-corrected chi connectivity index (χ2v) is 2.93. The molecule has 1 rings (SSSR count). The molecule has 0 bridgehead atoms. The second-order valence-electron chi connectivity index (χ2n) is 2.52. The van der Waals surface area contributed by atoms with Gasteiger partial charge in [-0.3, -0.25) is 0 Å². The van der Waals surface area contributed by atoms with Crippen molar-refractivity contribution in [3.05, 3.63) is 16.7 Å². The number of nitrogens with one attached hydrogen (secondary N) is 1. The first kappa shape index (κ1) is 11.0. The van der Waals surface area contributed by atoms with Gasteiger partial charge in [0.15, 0.2) is 5.75 Å². The predicted molar refractivity (Wildman–Crippen MR) is 45.7 cm³/mol. The van der Waals surface area contributed by atoms with E-state index in [9.17, 15) is 13.2 Å². The Kier molecular flexibility index (Phi) is 3.10. The number of hydrogen-bond donors (Lipinski definition) is 1. The average Bonchev–Trinajstić information content (AvgIpc) is 2.01. The maximum atomic E-state index is 11.9. The third-order valence-corrected chi connectivity index (χ3v) is 1.71. The van der Waals surface area contributed by atoms with Crippen LogP contribution in [0.25, 0.3) is 0 Å². The van der Waals surface area contributed by atoms with Crippen LogP contribution >= 0.6 is 12.2 Å². The summed E-state index contributed by atoms with van der Waals surface area (Å²) >= 11 is 4.74. The molecule has 78 valence electrons. The number of hydrogen-bond acceptors (Lipinski definition) is 3. The summed E-state index contributed by atoms with van der Waals surface area (Å²) in [5.41, 5.74) is 0. The first-order valence-corrected chi connectivity index (χ1v) is 4.02. The average molecular weight is 224 g/mol. The van der Waals surface area contributed by atoms with Gasteiger partial charge in [-0.25, -0.2) is 4.98 Å². The number of nitrogens with zero attached hydrogens (tertiary/aromatic N) is 1. The minimum atomic E-state index is -4.29. The topological polar surface area (TPSA) is 37.9 Å². The van der Waals surface area contributed by atoms with E-state index in [0.29, 0.717) is 0 Å². The second kappa shape index (κ2) is 3.95. The molecule has 1 aromatic heterocycles. The Bertz CT molecular complexity index is 374. The largest absolute Gasteiger partial charge is 0.492 e. The number of alkyl halides is 3. The van der Waals surface area contributed by atoms with Gasteiger partial charge in [0.1, 0.15) is 16.9 Å². The standard InChI is InChI=1S/C7H7F3N2OS/c1-13-4-3-11-5(12-6(4)14)2-7(8,9)10/h3H,2H2,1H3,(H,11,12,14). The summed E-state index contributed by atoms with van der Waals surface area (Å²) in [7, 11) is 1.37. The highest BCUT2D eigenvalue weighted by Crippen LogP contribution is 2.20. The van der Waals surface area contributed by atoms with E-state index in [-0.39, 0.29) is 16.2 Å². The van der Waals surface area contributed by atoms with E-state index >= 15 is 0 Å². The number of methoxy groups -OCH3 is 1. The minimum Gasteiger partial charge on any atom is -0.492 e. The maximum Gasteiger partial charge on any atom is 0.396 e. The van der Waals surface area contributed by atoms with Crippen LogP contribution in [0.3, 0.4) is 0 Å². The molecule has 0 aromatic carbocycles. The smallest absolute Gasteiger partial charge is 0.396 e. The van der Waals surface area contributed by atoms with Gasteiger partial charge in [0.05, 0.1) is 13.3 Å². The lowest BCUT2D eigenvalue weighted by atomic mass is 10.4. The van der Waals surface area contributed by atoms with Gasteiger partial charge < -0.3 is 9.72 Å². The molecule has 7 heteroatoms. The van der Waals surface area contributed by atoms with E-state index in [2.05, 4.69) is 9.97 Å². The Labute approximate surface area is 82.9 Å². The summed E-state index contributed by atoms with van der Waals surface area (Å²) in [5, 5.41) is 0. The van der Waals surface area contributed by atoms with Crippen LogP contribution in [-0.2, 0) is 6.42 Å². The van der Waals surface area contributed by atoms with Gasteiger partial charge in [0.25, 0.3) is 0 Å². The molecule has 0 spiro atoms. The molecule has 0 amide bonds. The first-order valence-electron chi connectivity index (χ1n) is 3.61. The quantitative estimate of drug-likeness (QED) is 0.783. The van der Waals surface area contributed by atoms with E-state index in [4.69, 9.17) is 17.0 Å². The van der Waals surface area contributed by atoms with Crippen LogP contribution in [0.2, 0.25) is 0 Å². The highest BCUT2D eigenvalue weighted by molar-refractivity contribution is 7.71. The molecule has 14 heavy (non-hydrogen) atoms. The zero-order valence-corrected chi connectivity index (χ0v) is 8.00. The van der Waals surface area contributed by atoms with E-state index in [0.717, 1.165) is 0 Å². The Balaban J connectivity index is 2.93. The zero-order valence-electron chi connectivity index (χ0n) is 7.18. The normalized spacial score (nSPS) is 11.4. The molecule has 0 aliphatic heterocycles. The van der Waals surface area contributed by atoms with Gasteiger partial charge in [-0.1, -0.05) is 12.2 Å². The van der Waals surface area contributed by atoms with Crippen molar-refractivity contribution in [2.24, 2.45) is 0 Å². The molecule has 3 nitrogen and oxygen atoms in total. The van der Waals surface area contributed by atoms with Crippen molar-refractivity contribution in [2.45, 2.75) is 12.6 Å². The molecule has 1 heterocycles. The summed E-state index contributed by atoms with van der Waals surface area (Å²) in [6, 6.07) is 0. The molecule has 0 unspecified atom stereocenters. The van der Waals surface area contributed by atoms with Crippen molar-refractivity contribution in [1.82, 2.24) is 9.97 Å². The van der Waals surface area contributed by atoms with Crippen LogP contribution in [0.4, 0.5) is 13.2 Å². The fourth-order valence-corrected chi connectivity index (χ4v) is 1.10. The van der Waals surface area contributed by atoms with Crippen LogP contribution in [-0.4, -0.2) is 23.3 Å². The van der Waals surface area contributed by atoms with Crippen LogP contribution < -0.4 is 4.74 Å². The predicted octanol–water partition coefficient (Wildman–Crippen LogP) is 2.25. The van der Waals surface area contributed by atoms with Crippen molar-refractivity contribution >= 4 is 12.2 Å². The third-order valence-electron chi connectivity index (χ3n) is 1.41. The van der Waals surface area contributed by atoms with E-state index in [1.54, 1.807) is 0 Å². The van der Waals surface area contributed by atoms with Crippen LogP contribution in [0.5, 0.6) is 5.75 Å². The van der Waals surface area contributed by atoms with Gasteiger partial charge >= 0.3 is 6.18 Å². The molecule has 0 saturated carbocycles. The molecule has 1 N–H and O–H groups in total. The lowest BCUT2D eigenvalue weighted by Crippen LogP contribution is -2.14. The minimum absolute atomic E-state index is 0.113. The Morgan fingerprint density at radius 1 is 1.57 bits per heavy atom. The third kappa shape index (κ3) is 2.99. The molecule has 0 radical (unpaired) electrons. The molecule has 0 aliphatic carbocycles. The summed E-state index contributed by atoms with van der Waals surface area (Å²) in [4.78, 5) is 5.87. The van der Waals surface area contributed by atoms with Crippen LogP contribution in [0.15, 0.2) is 6.20 Å². The first-order chi connectivity index (χ1) is 6.42. The number of ether oxygens (including phenoxy) is 1. The van der Waals surface area contributed by atoms with E-state index in [1.807, 2.05) is 0 Å². The van der Waals surface area contributed by atoms with Crippen molar-refractivity contribution in [1.29, 1.82) is 0 Å². The van der Waals surface area contributed by atoms with Crippen molar-refractivity contribution < 1.29 is 17.9 Å². The number of rotatable bonds is 2. The van der Waals surface area contributed by atoms with Crippen LogP contribution in [0.1, 0.15) is 5.82 Å². The summed E-state index contributed by atoms with van der Waals surface area (Å²) in [6.07, 6.45) is -4.25. The fourth-order valence-electron chi connectivity index (χ4n) is 0.845. The number of halogens is 3. The highest BCUT2D eigenvalue weighted by Gasteiger charge is 2.28. The molecule has 1 aromatic rings. The van der Waals surface area contributed by atoms with Gasteiger partial charge in [0.2, 0.25) is 0 Å². The fraction of sp³-hybridized carbons (Fsp3) is 0.429. The Morgan fingerprint density at radius 3 is 2.64 bits per heavy atom. The van der Waals surface area contributed by atoms with E-state index < -0.39 is 12.6 Å². The SMILES string of the molecule is COc1cnc(CC(F)(F)F)[nH]c1=S. The van der Waals surface area contributed by atoms with Gasteiger partial charge in [-0.05, 0) is 0 Å². The Morgan fingerprint density at radius 2 is 2.21 bits per heavy atom. The van der Waals surface area contributed by atoms with E-state index in [1.165, 1.54) is 13.3 Å². The number of aromatic amines is 1. The lowest BCUT2D eigenvalue weighted by molar-refractivity contribution is -0.128. The van der Waals surface area contributed by atoms with Gasteiger partial charge in [-0.15, -0.1) is 0 Å². The summed E-state index contributed by atoms with van der Waals surface area (Å²) in [5.74, 6) is 0.0363. The summed E-state index contributed by atoms with van der Waals surface area (Å²) in [6.45, 7) is 0. The molecular formula is C7H7F3N2OS. The van der Waals surface area contributed by atoms with Gasteiger partial charge in [-0.2, -0.15) is 13.2 Å². The van der Waals surface area contributed by atoms with Crippen molar-refractivity contribution in [3.63, 3.8) is 0 Å². The molecule has 0 saturated heterocycles. The summed E-state index contributed by atoms with van der Waals surface area (Å²) < 4.78 is 40.7. The van der Waals surface area contributed by atoms with Gasteiger partial charge in [0, 0.05) is 0 Å². The number of H-pyrrole nitrogens is 1. The molecule has 0 atom stereocenters. The van der Waals surface area contributed by atoms with Crippen LogP contribution in [0, 0.1) is 4.64 Å². The monoisotopic (exact) mass is 224 g/mol. The van der Waals surface area contributed by atoms with Crippen molar-refractivity contribution in [2.75, 3.05) is 7.11 Å². The molecule has 0 fully saturated rings. The number of aromatic nitrogens is 2. The maximum absolute atomic E-state index is 11.9. The zero-order chi connectivity index (χ0) is 10.8.